The number of hydrogen-bond donors (Lipinski definition) is 1. The van der Waals surface area contributed by atoms with E-state index in [0.717, 1.165) is 12.2 Å². The van der Waals surface area contributed by atoms with E-state index in [1.165, 1.54) is 37.7 Å². The highest BCUT2D eigenvalue weighted by Gasteiger charge is 2.19. The SMILES string of the molecule is O=C(CCc1ccsc1)Nc1ccnn1C1CCCCC1. The van der Waals surface area contributed by atoms with E-state index in [-0.39, 0.29) is 5.91 Å². The van der Waals surface area contributed by atoms with Crippen LogP contribution in [0.5, 0.6) is 0 Å². The Labute approximate surface area is 129 Å². The minimum absolute atomic E-state index is 0.0683. The lowest BCUT2D eigenvalue weighted by molar-refractivity contribution is -0.116. The van der Waals surface area contributed by atoms with Gasteiger partial charge >= 0.3 is 0 Å². The number of nitrogens with zero attached hydrogens (tertiary/aromatic N) is 2. The molecule has 1 aliphatic rings. The molecule has 1 N–H and O–H groups in total. The second-order valence-electron chi connectivity index (χ2n) is 5.63. The number of carbonyl (C=O) groups is 1. The molecule has 21 heavy (non-hydrogen) atoms. The van der Waals surface area contributed by atoms with Gasteiger partial charge in [0.05, 0.1) is 12.2 Å². The maximum atomic E-state index is 12.1. The predicted octanol–water partition coefficient (Wildman–Crippen LogP) is 4.02. The average Bonchev–Trinajstić information content (AvgIpc) is 3.17. The van der Waals surface area contributed by atoms with Crippen molar-refractivity contribution in [3.63, 3.8) is 0 Å². The molecule has 1 saturated carbocycles. The van der Waals surface area contributed by atoms with Crippen molar-refractivity contribution in [1.82, 2.24) is 9.78 Å². The smallest absolute Gasteiger partial charge is 0.225 e. The zero-order chi connectivity index (χ0) is 14.5. The van der Waals surface area contributed by atoms with Gasteiger partial charge in [-0.3, -0.25) is 4.79 Å². The molecule has 3 rings (SSSR count). The van der Waals surface area contributed by atoms with Gasteiger partial charge < -0.3 is 5.32 Å². The lowest BCUT2D eigenvalue weighted by Crippen LogP contribution is -2.20. The Morgan fingerprint density at radius 2 is 2.19 bits per heavy atom. The molecular formula is C16H21N3OS. The van der Waals surface area contributed by atoms with Crippen molar-refractivity contribution in [2.24, 2.45) is 0 Å². The first kappa shape index (κ1) is 14.3. The summed E-state index contributed by atoms with van der Waals surface area (Å²) in [4.78, 5) is 12.1. The molecule has 0 unspecified atom stereocenters. The molecular weight excluding hydrogens is 282 g/mol. The normalized spacial score (nSPS) is 16.0. The molecule has 0 saturated heterocycles. The largest absolute Gasteiger partial charge is 0.311 e. The van der Waals surface area contributed by atoms with Crippen LogP contribution in [0.1, 0.15) is 50.1 Å². The Bertz CT molecular complexity index is 570. The zero-order valence-corrected chi connectivity index (χ0v) is 12.9. The molecule has 0 aromatic carbocycles. The highest BCUT2D eigenvalue weighted by molar-refractivity contribution is 7.07. The Balaban J connectivity index is 1.57. The van der Waals surface area contributed by atoms with Crippen LogP contribution in [0.3, 0.4) is 0 Å². The Morgan fingerprint density at radius 3 is 2.95 bits per heavy atom. The standard InChI is InChI=1S/C16H21N3OS/c20-16(7-6-13-9-11-21-12-13)18-15-8-10-17-19(15)14-4-2-1-3-5-14/h8-12,14H,1-7H2,(H,18,20). The Hall–Kier alpha value is -1.62. The molecule has 4 nitrogen and oxygen atoms in total. The van der Waals surface area contributed by atoms with Crippen molar-refractivity contribution in [2.45, 2.75) is 51.0 Å². The minimum Gasteiger partial charge on any atom is -0.311 e. The third-order valence-electron chi connectivity index (χ3n) is 4.08. The number of anilines is 1. The first-order valence-electron chi connectivity index (χ1n) is 7.67. The number of hydrogen-bond acceptors (Lipinski definition) is 3. The Kier molecular flexibility index (Phi) is 4.70. The summed E-state index contributed by atoms with van der Waals surface area (Å²) in [6.45, 7) is 0. The molecule has 0 aliphatic heterocycles. The molecule has 112 valence electrons. The van der Waals surface area contributed by atoms with Crippen molar-refractivity contribution in [3.8, 4) is 0 Å². The molecule has 0 spiro atoms. The van der Waals surface area contributed by atoms with E-state index >= 15 is 0 Å². The van der Waals surface area contributed by atoms with E-state index in [2.05, 4.69) is 21.9 Å². The van der Waals surface area contributed by atoms with E-state index in [0.29, 0.717) is 12.5 Å². The Morgan fingerprint density at radius 1 is 1.33 bits per heavy atom. The second kappa shape index (κ2) is 6.89. The predicted molar refractivity (Wildman–Crippen MR) is 85.6 cm³/mol. The molecule has 5 heteroatoms. The van der Waals surface area contributed by atoms with Crippen LogP contribution < -0.4 is 5.32 Å². The topological polar surface area (TPSA) is 46.9 Å². The van der Waals surface area contributed by atoms with Gasteiger partial charge in [-0.2, -0.15) is 16.4 Å². The fraction of sp³-hybridized carbons (Fsp3) is 0.500. The van der Waals surface area contributed by atoms with Gasteiger partial charge in [0.25, 0.3) is 0 Å². The number of aromatic nitrogens is 2. The van der Waals surface area contributed by atoms with Gasteiger partial charge in [0.15, 0.2) is 0 Å². The van der Waals surface area contributed by atoms with Crippen molar-refractivity contribution in [2.75, 3.05) is 5.32 Å². The summed E-state index contributed by atoms with van der Waals surface area (Å²) < 4.78 is 2.00. The van der Waals surface area contributed by atoms with Gasteiger partial charge in [-0.25, -0.2) is 4.68 Å². The monoisotopic (exact) mass is 303 g/mol. The van der Waals surface area contributed by atoms with Gasteiger partial charge in [-0.15, -0.1) is 0 Å². The van der Waals surface area contributed by atoms with Gasteiger partial charge in [-0.1, -0.05) is 19.3 Å². The van der Waals surface area contributed by atoms with Crippen LogP contribution in [-0.2, 0) is 11.2 Å². The summed E-state index contributed by atoms with van der Waals surface area (Å²) in [5.41, 5.74) is 1.23. The zero-order valence-electron chi connectivity index (χ0n) is 12.1. The summed E-state index contributed by atoms with van der Waals surface area (Å²) in [6.07, 6.45) is 9.27. The summed E-state index contributed by atoms with van der Waals surface area (Å²) >= 11 is 1.67. The lowest BCUT2D eigenvalue weighted by Gasteiger charge is -2.23. The fourth-order valence-electron chi connectivity index (χ4n) is 2.93. The second-order valence-corrected chi connectivity index (χ2v) is 6.41. The number of carbonyl (C=O) groups excluding carboxylic acids is 1. The van der Waals surface area contributed by atoms with Crippen LogP contribution in [0.4, 0.5) is 5.82 Å². The number of rotatable bonds is 5. The van der Waals surface area contributed by atoms with E-state index in [1.54, 1.807) is 17.5 Å². The molecule has 1 amide bonds. The lowest BCUT2D eigenvalue weighted by atomic mass is 9.96. The number of amides is 1. The molecule has 2 heterocycles. The molecule has 2 aromatic rings. The molecule has 0 atom stereocenters. The van der Waals surface area contributed by atoms with E-state index in [1.807, 2.05) is 16.1 Å². The van der Waals surface area contributed by atoms with E-state index in [4.69, 9.17) is 0 Å². The molecule has 1 fully saturated rings. The maximum absolute atomic E-state index is 12.1. The quantitative estimate of drug-likeness (QED) is 0.906. The minimum atomic E-state index is 0.0683. The maximum Gasteiger partial charge on any atom is 0.225 e. The van der Waals surface area contributed by atoms with Gasteiger partial charge in [0.2, 0.25) is 5.91 Å². The van der Waals surface area contributed by atoms with Crippen LogP contribution >= 0.6 is 11.3 Å². The van der Waals surface area contributed by atoms with E-state index in [9.17, 15) is 4.79 Å². The summed E-state index contributed by atoms with van der Waals surface area (Å²) in [5.74, 6) is 0.913. The third-order valence-corrected chi connectivity index (χ3v) is 4.81. The fourth-order valence-corrected chi connectivity index (χ4v) is 3.63. The van der Waals surface area contributed by atoms with E-state index < -0.39 is 0 Å². The van der Waals surface area contributed by atoms with Crippen LogP contribution in [-0.4, -0.2) is 15.7 Å². The van der Waals surface area contributed by atoms with Crippen LogP contribution in [0.2, 0.25) is 0 Å². The first-order valence-corrected chi connectivity index (χ1v) is 8.61. The van der Waals surface area contributed by atoms with Crippen LogP contribution in [0, 0.1) is 0 Å². The number of nitrogens with one attached hydrogen (secondary N) is 1. The summed E-state index contributed by atoms with van der Waals surface area (Å²) in [7, 11) is 0. The molecule has 2 aromatic heterocycles. The first-order chi connectivity index (χ1) is 10.3. The van der Waals surface area contributed by atoms with Crippen LogP contribution in [0.15, 0.2) is 29.1 Å². The highest BCUT2D eigenvalue weighted by atomic mass is 32.1. The molecule has 0 radical (unpaired) electrons. The van der Waals surface area contributed by atoms with Crippen molar-refractivity contribution >= 4 is 23.1 Å². The van der Waals surface area contributed by atoms with Crippen LogP contribution in [0.25, 0.3) is 0 Å². The summed E-state index contributed by atoms with van der Waals surface area (Å²) in [5, 5.41) is 11.6. The van der Waals surface area contributed by atoms with Gasteiger partial charge in [-0.05, 0) is 41.7 Å². The third kappa shape index (κ3) is 3.73. The highest BCUT2D eigenvalue weighted by Crippen LogP contribution is 2.29. The number of thiophene rings is 1. The summed E-state index contributed by atoms with van der Waals surface area (Å²) in [6, 6.07) is 4.42. The van der Waals surface area contributed by atoms with Crippen molar-refractivity contribution in [1.29, 1.82) is 0 Å². The average molecular weight is 303 g/mol. The molecule has 0 bridgehead atoms. The molecule has 1 aliphatic carbocycles. The van der Waals surface area contributed by atoms with Gasteiger partial charge in [0, 0.05) is 12.5 Å². The van der Waals surface area contributed by atoms with Gasteiger partial charge in [0.1, 0.15) is 5.82 Å². The van der Waals surface area contributed by atoms with Crippen molar-refractivity contribution in [3.05, 3.63) is 34.7 Å². The van der Waals surface area contributed by atoms with Crippen molar-refractivity contribution < 1.29 is 4.79 Å². The number of aryl methyl sites for hydroxylation is 1.